The molecular weight excluding hydrogens is 773 g/mol. The highest BCUT2D eigenvalue weighted by molar-refractivity contribution is 6.12. The Labute approximate surface area is 362 Å². The van der Waals surface area contributed by atoms with Crippen LogP contribution in [0.3, 0.4) is 0 Å². The molecule has 2 aromatic heterocycles. The second-order valence-electron chi connectivity index (χ2n) is 14.9. The normalized spacial score (nSPS) is 10.8. The third-order valence-corrected chi connectivity index (χ3v) is 11.1. The highest BCUT2D eigenvalue weighted by Gasteiger charge is 2.24. The Morgan fingerprint density at radius 3 is 1.40 bits per heavy atom. The van der Waals surface area contributed by atoms with Crippen molar-refractivity contribution in [1.82, 2.24) is 19.5 Å². The molecule has 0 aliphatic rings. The van der Waals surface area contributed by atoms with Crippen LogP contribution in [0.4, 0.5) is 0 Å². The summed E-state index contributed by atoms with van der Waals surface area (Å²) in [4.78, 5) is 15.2. The lowest BCUT2D eigenvalue weighted by Gasteiger charge is -2.21. The van der Waals surface area contributed by atoms with E-state index in [1.807, 2.05) is 121 Å². The average molecular weight is 803 g/mol. The van der Waals surface area contributed by atoms with E-state index in [2.05, 4.69) is 65.2 Å². The Balaban J connectivity index is 1.32. The monoisotopic (exact) mass is 802 g/mol. The Hall–Kier alpha value is -9.47. The van der Waals surface area contributed by atoms with Crippen molar-refractivity contribution in [2.24, 2.45) is 0 Å². The van der Waals surface area contributed by atoms with Gasteiger partial charge in [-0.25, -0.2) is 15.0 Å². The van der Waals surface area contributed by atoms with Crippen molar-refractivity contribution in [2.45, 2.75) is 0 Å². The van der Waals surface area contributed by atoms with Crippen molar-refractivity contribution in [3.8, 4) is 97.5 Å². The zero-order valence-electron chi connectivity index (χ0n) is 33.4. The molecule has 10 rings (SSSR count). The third-order valence-electron chi connectivity index (χ3n) is 11.1. The highest BCUT2D eigenvalue weighted by Crippen LogP contribution is 2.45. The van der Waals surface area contributed by atoms with Crippen molar-refractivity contribution < 1.29 is 0 Å². The van der Waals surface area contributed by atoms with Crippen molar-refractivity contribution >= 4 is 21.8 Å². The van der Waals surface area contributed by atoms with E-state index in [9.17, 15) is 21.0 Å². The molecule has 63 heavy (non-hydrogen) atoms. The molecule has 8 nitrogen and oxygen atoms in total. The number of fused-ring (bicyclic) bond motifs is 3. The van der Waals surface area contributed by atoms with Gasteiger partial charge >= 0.3 is 0 Å². The summed E-state index contributed by atoms with van der Waals surface area (Å²) < 4.78 is 2.24. The molecule has 0 fully saturated rings. The minimum atomic E-state index is 0.413. The third kappa shape index (κ3) is 6.89. The van der Waals surface area contributed by atoms with Crippen LogP contribution in [-0.4, -0.2) is 19.5 Å². The number of para-hydroxylation sites is 1. The largest absolute Gasteiger partial charge is 0.308 e. The first kappa shape index (κ1) is 37.8. The van der Waals surface area contributed by atoms with Gasteiger partial charge in [0.05, 0.1) is 63.3 Å². The minimum Gasteiger partial charge on any atom is -0.308 e. The van der Waals surface area contributed by atoms with Crippen LogP contribution in [0.2, 0.25) is 0 Å². The maximum absolute atomic E-state index is 10.2. The van der Waals surface area contributed by atoms with Gasteiger partial charge in [-0.05, 0) is 89.0 Å². The predicted molar refractivity (Wildman–Crippen MR) is 246 cm³/mol. The van der Waals surface area contributed by atoms with Gasteiger partial charge < -0.3 is 4.57 Å². The van der Waals surface area contributed by atoms with Crippen LogP contribution >= 0.6 is 0 Å². The molecule has 10 aromatic rings. The molecule has 0 bridgehead atoms. The standard InChI is InChI=1S/C55H30N8/c56-31-35-11-9-17-40(25-35)47-29-43(55-61-53(38-13-3-1-4-14-38)60-54(62-55)39-15-5-2-6-16-39)30-48(41-18-10-12-36(26-41)32-57)52(47)63-50-20-8-7-19-46(50)49-28-42(22-24-51(49)63)45-23-21-37(33-58)27-44(45)34-59/h1-30H. The van der Waals surface area contributed by atoms with Crippen molar-refractivity contribution in [3.63, 3.8) is 0 Å². The molecule has 8 heteroatoms. The second kappa shape index (κ2) is 15.9. The van der Waals surface area contributed by atoms with Gasteiger partial charge in [0.2, 0.25) is 0 Å². The number of hydrogen-bond acceptors (Lipinski definition) is 7. The molecule has 0 unspecified atom stereocenters. The number of hydrogen-bond donors (Lipinski definition) is 0. The van der Waals surface area contributed by atoms with E-state index < -0.39 is 0 Å². The van der Waals surface area contributed by atoms with Crippen LogP contribution in [0, 0.1) is 45.3 Å². The van der Waals surface area contributed by atoms with Gasteiger partial charge in [0, 0.05) is 38.6 Å². The molecule has 0 radical (unpaired) electrons. The first-order valence-electron chi connectivity index (χ1n) is 20.1. The summed E-state index contributed by atoms with van der Waals surface area (Å²) in [5.41, 5.74) is 11.6. The van der Waals surface area contributed by atoms with Crippen LogP contribution in [0.1, 0.15) is 22.3 Å². The molecule has 2 heterocycles. The number of nitrogens with zero attached hydrogens (tertiary/aromatic N) is 8. The van der Waals surface area contributed by atoms with E-state index in [0.29, 0.717) is 45.3 Å². The van der Waals surface area contributed by atoms with Crippen molar-refractivity contribution in [3.05, 3.63) is 204 Å². The van der Waals surface area contributed by atoms with Crippen molar-refractivity contribution in [1.29, 1.82) is 21.0 Å². The fourth-order valence-corrected chi connectivity index (χ4v) is 8.23. The molecule has 0 amide bonds. The zero-order valence-corrected chi connectivity index (χ0v) is 33.4. The van der Waals surface area contributed by atoms with E-state index in [1.165, 1.54) is 0 Å². The first-order valence-corrected chi connectivity index (χ1v) is 20.1. The number of aromatic nitrogens is 4. The second-order valence-corrected chi connectivity index (χ2v) is 14.9. The molecule has 0 aliphatic heterocycles. The molecule has 0 saturated carbocycles. The molecule has 8 aromatic carbocycles. The smallest absolute Gasteiger partial charge is 0.164 e. The van der Waals surface area contributed by atoms with Crippen molar-refractivity contribution in [2.75, 3.05) is 0 Å². The van der Waals surface area contributed by atoms with E-state index in [4.69, 9.17) is 15.0 Å². The molecule has 0 saturated heterocycles. The van der Waals surface area contributed by atoms with Gasteiger partial charge in [0.15, 0.2) is 17.5 Å². The lowest BCUT2D eigenvalue weighted by atomic mass is 9.91. The Kier molecular flexibility index (Phi) is 9.56. The summed E-state index contributed by atoms with van der Waals surface area (Å²) in [5, 5.41) is 42.0. The summed E-state index contributed by atoms with van der Waals surface area (Å²) in [6.07, 6.45) is 0. The number of nitriles is 4. The summed E-state index contributed by atoms with van der Waals surface area (Å²) in [6, 6.07) is 67.5. The van der Waals surface area contributed by atoms with Gasteiger partial charge in [-0.3, -0.25) is 0 Å². The zero-order chi connectivity index (χ0) is 42.9. The number of benzene rings is 8. The molecule has 0 spiro atoms. The number of rotatable bonds is 7. The Morgan fingerprint density at radius 2 is 0.825 bits per heavy atom. The minimum absolute atomic E-state index is 0.413. The van der Waals surface area contributed by atoms with Crippen LogP contribution in [-0.2, 0) is 0 Å². The van der Waals surface area contributed by atoms with Crippen LogP contribution in [0.25, 0.3) is 95.0 Å². The van der Waals surface area contributed by atoms with Gasteiger partial charge in [-0.15, -0.1) is 0 Å². The maximum Gasteiger partial charge on any atom is 0.164 e. The van der Waals surface area contributed by atoms with Gasteiger partial charge in [-0.2, -0.15) is 21.0 Å². The quantitative estimate of drug-likeness (QED) is 0.156. The Bertz CT molecular complexity index is 3480. The molecule has 0 N–H and O–H groups in total. The molecule has 0 atom stereocenters. The van der Waals surface area contributed by atoms with Gasteiger partial charge in [-0.1, -0.05) is 115 Å². The van der Waals surface area contributed by atoms with E-state index in [-0.39, 0.29) is 0 Å². The SMILES string of the molecule is N#Cc1cccc(-c2cc(-c3nc(-c4ccccc4)nc(-c4ccccc4)n3)cc(-c3cccc(C#N)c3)c2-n2c3ccccc3c3cc(-c4ccc(C#N)cc4C#N)ccc32)c1. The summed E-state index contributed by atoms with van der Waals surface area (Å²) in [7, 11) is 0. The first-order chi connectivity index (χ1) is 31.0. The molecular formula is C55H30N8. The highest BCUT2D eigenvalue weighted by atomic mass is 15.0. The summed E-state index contributed by atoms with van der Waals surface area (Å²) in [6.45, 7) is 0. The maximum atomic E-state index is 10.2. The Morgan fingerprint density at radius 1 is 0.333 bits per heavy atom. The van der Waals surface area contributed by atoms with E-state index in [1.54, 1.807) is 24.3 Å². The topological polar surface area (TPSA) is 139 Å². The lowest BCUT2D eigenvalue weighted by molar-refractivity contribution is 1.07. The van der Waals surface area contributed by atoms with Crippen LogP contribution < -0.4 is 0 Å². The van der Waals surface area contributed by atoms with Crippen LogP contribution in [0.15, 0.2) is 182 Å². The molecule has 0 aliphatic carbocycles. The predicted octanol–water partition coefficient (Wildman–Crippen LogP) is 12.5. The van der Waals surface area contributed by atoms with Gasteiger partial charge in [0.1, 0.15) is 0 Å². The fraction of sp³-hybridized carbons (Fsp3) is 0. The summed E-state index contributed by atoms with van der Waals surface area (Å²) >= 11 is 0. The average Bonchev–Trinajstić information content (AvgIpc) is 3.69. The fourth-order valence-electron chi connectivity index (χ4n) is 8.23. The van der Waals surface area contributed by atoms with Gasteiger partial charge in [0.25, 0.3) is 0 Å². The summed E-state index contributed by atoms with van der Waals surface area (Å²) in [5.74, 6) is 1.49. The van der Waals surface area contributed by atoms with E-state index >= 15 is 0 Å². The lowest BCUT2D eigenvalue weighted by Crippen LogP contribution is -2.04. The van der Waals surface area contributed by atoms with E-state index in [0.717, 1.165) is 72.0 Å². The molecule has 290 valence electrons. The van der Waals surface area contributed by atoms with Crippen LogP contribution in [0.5, 0.6) is 0 Å².